The van der Waals surface area contributed by atoms with Crippen LogP contribution in [-0.2, 0) is 6.54 Å². The molecule has 0 saturated carbocycles. The summed E-state index contributed by atoms with van der Waals surface area (Å²) in [6, 6.07) is 14.4. The van der Waals surface area contributed by atoms with Gasteiger partial charge >= 0.3 is 5.69 Å². The smallest absolute Gasteiger partial charge is 0.355 e. The summed E-state index contributed by atoms with van der Waals surface area (Å²) >= 11 is 0. The van der Waals surface area contributed by atoms with Gasteiger partial charge in [0, 0.05) is 38.3 Å². The predicted molar refractivity (Wildman–Crippen MR) is 126 cm³/mol. The molecule has 0 atom stereocenters. The number of nitrogens with zero attached hydrogens (tertiary/aromatic N) is 5. The van der Waals surface area contributed by atoms with Gasteiger partial charge in [0.25, 0.3) is 5.91 Å². The molecule has 0 unspecified atom stereocenters. The van der Waals surface area contributed by atoms with Crippen LogP contribution >= 0.6 is 0 Å². The molecule has 3 aromatic rings. The first-order valence-electron chi connectivity index (χ1n) is 11.0. The molecule has 12 nitrogen and oxygen atoms in total. The Morgan fingerprint density at radius 2 is 1.80 bits per heavy atom. The molecule has 1 aromatic heterocycles. The van der Waals surface area contributed by atoms with Crippen molar-refractivity contribution in [2.75, 3.05) is 43.3 Å². The Morgan fingerprint density at radius 1 is 1.03 bits per heavy atom. The summed E-state index contributed by atoms with van der Waals surface area (Å²) in [5.74, 6) is 1.20. The molecule has 1 saturated heterocycles. The van der Waals surface area contributed by atoms with Gasteiger partial charge in [0.15, 0.2) is 11.5 Å². The van der Waals surface area contributed by atoms with Gasteiger partial charge in [0.05, 0.1) is 4.92 Å². The van der Waals surface area contributed by atoms with Crippen LogP contribution in [0.1, 0.15) is 15.9 Å². The number of piperazine rings is 1. The Bertz CT molecular complexity index is 1230. The quantitative estimate of drug-likeness (QED) is 0.385. The van der Waals surface area contributed by atoms with Gasteiger partial charge in [-0.1, -0.05) is 24.3 Å². The minimum Gasteiger partial charge on any atom is -0.454 e. The lowest BCUT2D eigenvalue weighted by molar-refractivity contribution is -0.383. The molecule has 180 valence electrons. The van der Waals surface area contributed by atoms with E-state index in [1.807, 2.05) is 23.1 Å². The number of amides is 1. The number of fused-ring (bicyclic) bond motifs is 1. The summed E-state index contributed by atoms with van der Waals surface area (Å²) in [6.45, 7) is 3.47. The fraction of sp³-hybridized carbons (Fsp3) is 0.261. The van der Waals surface area contributed by atoms with Crippen molar-refractivity contribution in [3.8, 4) is 11.5 Å². The highest BCUT2D eigenvalue weighted by atomic mass is 16.7. The molecule has 0 radical (unpaired) electrons. The van der Waals surface area contributed by atoms with Crippen LogP contribution in [0.25, 0.3) is 0 Å². The first kappa shape index (κ1) is 22.3. The average Bonchev–Trinajstić information content (AvgIpc) is 3.36. The summed E-state index contributed by atoms with van der Waals surface area (Å²) in [7, 11) is 0. The number of hydrogen-bond donors (Lipinski definition) is 2. The number of carbonyl (C=O) groups is 1. The first-order chi connectivity index (χ1) is 17.1. The summed E-state index contributed by atoms with van der Waals surface area (Å²) in [5.41, 5.74) is 6.28. The third-order valence-electron chi connectivity index (χ3n) is 5.83. The Labute approximate surface area is 200 Å². The van der Waals surface area contributed by atoms with E-state index in [0.717, 1.165) is 23.6 Å². The lowest BCUT2D eigenvalue weighted by atomic mass is 10.1. The van der Waals surface area contributed by atoms with E-state index >= 15 is 0 Å². The number of rotatable bonds is 7. The van der Waals surface area contributed by atoms with E-state index in [9.17, 15) is 14.9 Å². The van der Waals surface area contributed by atoms with E-state index in [1.165, 1.54) is 6.33 Å². The van der Waals surface area contributed by atoms with Crippen LogP contribution < -0.4 is 25.2 Å². The van der Waals surface area contributed by atoms with Crippen molar-refractivity contribution in [3.05, 3.63) is 76.1 Å². The maximum absolute atomic E-state index is 12.3. The SMILES string of the molecule is O=C(NNc1ncnc(N2CCN(Cc3ccc4c(c3)OCO4)CC2)c1[N+](=O)[O-])c1ccccc1. The van der Waals surface area contributed by atoms with Gasteiger partial charge in [0.1, 0.15) is 6.33 Å². The van der Waals surface area contributed by atoms with E-state index in [0.29, 0.717) is 31.7 Å². The number of nitro groups is 1. The molecular weight excluding hydrogens is 454 g/mol. The number of nitrogens with one attached hydrogen (secondary N) is 2. The predicted octanol–water partition coefficient (Wildman–Crippen LogP) is 2.19. The topological polar surface area (TPSA) is 135 Å². The number of anilines is 2. The van der Waals surface area contributed by atoms with Crippen molar-refractivity contribution >= 4 is 23.2 Å². The lowest BCUT2D eigenvalue weighted by Crippen LogP contribution is -2.46. The van der Waals surface area contributed by atoms with Crippen LogP contribution in [-0.4, -0.2) is 58.7 Å². The van der Waals surface area contributed by atoms with Gasteiger partial charge in [-0.3, -0.25) is 30.7 Å². The molecule has 2 aliphatic heterocycles. The monoisotopic (exact) mass is 477 g/mol. The second-order valence-corrected chi connectivity index (χ2v) is 8.05. The number of ether oxygens (including phenoxy) is 2. The van der Waals surface area contributed by atoms with Crippen molar-refractivity contribution in [2.24, 2.45) is 0 Å². The zero-order valence-corrected chi connectivity index (χ0v) is 18.7. The molecule has 2 aliphatic rings. The number of aromatic nitrogens is 2. The molecule has 2 N–H and O–H groups in total. The molecule has 0 bridgehead atoms. The van der Waals surface area contributed by atoms with Gasteiger partial charge in [0.2, 0.25) is 18.4 Å². The zero-order chi connectivity index (χ0) is 24.2. The Hall–Kier alpha value is -4.45. The highest BCUT2D eigenvalue weighted by molar-refractivity contribution is 5.95. The van der Waals surface area contributed by atoms with Crippen LogP contribution in [0.3, 0.4) is 0 Å². The molecular formula is C23H23N7O5. The Kier molecular flexibility index (Phi) is 6.26. The molecule has 1 fully saturated rings. The minimum atomic E-state index is -0.536. The van der Waals surface area contributed by atoms with Crippen molar-refractivity contribution < 1.29 is 19.2 Å². The van der Waals surface area contributed by atoms with Crippen LogP contribution in [0.5, 0.6) is 11.5 Å². The molecule has 1 amide bonds. The van der Waals surface area contributed by atoms with Gasteiger partial charge in [-0.15, -0.1) is 0 Å². The fourth-order valence-corrected chi connectivity index (χ4v) is 4.05. The van der Waals surface area contributed by atoms with E-state index in [-0.39, 0.29) is 24.1 Å². The van der Waals surface area contributed by atoms with Gasteiger partial charge in [-0.05, 0) is 29.8 Å². The van der Waals surface area contributed by atoms with Crippen LogP contribution in [0.4, 0.5) is 17.3 Å². The van der Waals surface area contributed by atoms with Gasteiger partial charge < -0.3 is 14.4 Å². The fourth-order valence-electron chi connectivity index (χ4n) is 4.05. The van der Waals surface area contributed by atoms with Crippen molar-refractivity contribution in [2.45, 2.75) is 6.54 Å². The number of carbonyl (C=O) groups excluding carboxylic acids is 1. The molecule has 0 spiro atoms. The normalized spacial score (nSPS) is 15.0. The molecule has 12 heteroatoms. The maximum atomic E-state index is 12.3. The summed E-state index contributed by atoms with van der Waals surface area (Å²) in [5, 5.41) is 11.9. The zero-order valence-electron chi connectivity index (χ0n) is 18.7. The molecule has 35 heavy (non-hydrogen) atoms. The third kappa shape index (κ3) is 4.92. The summed E-state index contributed by atoms with van der Waals surface area (Å²) in [6.07, 6.45) is 1.25. The van der Waals surface area contributed by atoms with Gasteiger partial charge in [-0.25, -0.2) is 9.97 Å². The number of hydrazine groups is 1. The minimum absolute atomic E-state index is 0.0768. The highest BCUT2D eigenvalue weighted by Crippen LogP contribution is 2.34. The second kappa shape index (κ2) is 9.81. The summed E-state index contributed by atoms with van der Waals surface area (Å²) < 4.78 is 10.8. The third-order valence-corrected chi connectivity index (χ3v) is 5.83. The molecule has 0 aliphatic carbocycles. The molecule has 5 rings (SSSR count). The first-order valence-corrected chi connectivity index (χ1v) is 11.0. The Balaban J connectivity index is 1.24. The van der Waals surface area contributed by atoms with E-state index < -0.39 is 10.8 Å². The average molecular weight is 477 g/mol. The molecule has 3 heterocycles. The van der Waals surface area contributed by atoms with Crippen molar-refractivity contribution in [1.82, 2.24) is 20.3 Å². The lowest BCUT2D eigenvalue weighted by Gasteiger charge is -2.35. The van der Waals surface area contributed by atoms with Crippen molar-refractivity contribution in [3.63, 3.8) is 0 Å². The van der Waals surface area contributed by atoms with Gasteiger partial charge in [-0.2, -0.15) is 0 Å². The van der Waals surface area contributed by atoms with E-state index in [1.54, 1.807) is 30.3 Å². The van der Waals surface area contributed by atoms with Crippen LogP contribution in [0, 0.1) is 10.1 Å². The van der Waals surface area contributed by atoms with Crippen molar-refractivity contribution in [1.29, 1.82) is 0 Å². The summed E-state index contributed by atoms with van der Waals surface area (Å²) in [4.78, 5) is 36.0. The standard InChI is InChI=1S/C23H23N7O5/c31-23(17-4-2-1-3-5-17)27-26-21-20(30(32)33)22(25-14-24-21)29-10-8-28(9-11-29)13-16-6-7-18-19(12-16)35-15-34-18/h1-7,12,14H,8-11,13,15H2,(H,27,31)(H,24,25,26). The van der Waals surface area contributed by atoms with E-state index in [2.05, 4.69) is 25.7 Å². The largest absolute Gasteiger partial charge is 0.454 e. The number of benzene rings is 2. The van der Waals surface area contributed by atoms with Crippen LogP contribution in [0.15, 0.2) is 54.9 Å². The number of hydrogen-bond acceptors (Lipinski definition) is 10. The van der Waals surface area contributed by atoms with E-state index in [4.69, 9.17) is 9.47 Å². The Morgan fingerprint density at radius 3 is 2.57 bits per heavy atom. The van der Waals surface area contributed by atoms with Crippen LogP contribution in [0.2, 0.25) is 0 Å². The second-order valence-electron chi connectivity index (χ2n) is 8.05. The molecule has 2 aromatic carbocycles. The highest BCUT2D eigenvalue weighted by Gasteiger charge is 2.29. The maximum Gasteiger partial charge on any atom is 0.355 e.